The number of rotatable bonds is 10. The number of sulfone groups is 1. The van der Waals surface area contributed by atoms with E-state index in [-0.39, 0.29) is 47.4 Å². The quantitative estimate of drug-likeness (QED) is 0.178. The number of thiophene rings is 1. The van der Waals surface area contributed by atoms with Gasteiger partial charge in [0, 0.05) is 32.5 Å². The Labute approximate surface area is 247 Å². The first kappa shape index (κ1) is 31.9. The van der Waals surface area contributed by atoms with Gasteiger partial charge < -0.3 is 25.0 Å². The summed E-state index contributed by atoms with van der Waals surface area (Å²) < 4.78 is 90.7. The fourth-order valence-corrected chi connectivity index (χ4v) is 6.48. The summed E-state index contributed by atoms with van der Waals surface area (Å²) in [6, 6.07) is 9.00. The third-order valence-electron chi connectivity index (χ3n) is 6.78. The Morgan fingerprint density at radius 2 is 1.95 bits per heavy atom. The monoisotopic (exact) mass is 627 g/mol. The second-order valence-electron chi connectivity index (χ2n) is 10.1. The third kappa shape index (κ3) is 8.28. The minimum Gasteiger partial charge on any atom is -0.489 e. The number of alkyl halides is 4. The predicted octanol–water partition coefficient (Wildman–Crippen LogP) is 5.35. The Kier molecular flexibility index (Phi) is 10.2. The minimum atomic E-state index is -4.44. The number of hydrogen-bond donors (Lipinski definition) is 2. The molecule has 0 radical (unpaired) electrons. The molecule has 1 aliphatic heterocycles. The Bertz CT molecular complexity index is 1560. The molecule has 1 fully saturated rings. The number of fused-ring (bicyclic) bond motifs is 1. The first-order chi connectivity index (χ1) is 19.9. The second kappa shape index (κ2) is 13.5. The summed E-state index contributed by atoms with van der Waals surface area (Å²) in [5.41, 5.74) is 1.15. The molecule has 2 heterocycles. The van der Waals surface area contributed by atoms with Crippen LogP contribution in [0, 0.1) is 11.8 Å². The number of halogens is 4. The molecule has 1 aromatic heterocycles. The zero-order chi connectivity index (χ0) is 30.5. The lowest BCUT2D eigenvalue weighted by molar-refractivity contribution is -0.126. The highest BCUT2D eigenvalue weighted by Gasteiger charge is 2.32. The van der Waals surface area contributed by atoms with E-state index in [2.05, 4.69) is 22.5 Å². The van der Waals surface area contributed by atoms with Crippen LogP contribution in [0.25, 0.3) is 10.1 Å². The molecule has 1 aliphatic rings. The molecule has 2 atom stereocenters. The molecule has 13 heteroatoms. The summed E-state index contributed by atoms with van der Waals surface area (Å²) in [5, 5.41) is 6.72. The van der Waals surface area contributed by atoms with E-state index in [1.54, 1.807) is 24.3 Å². The van der Waals surface area contributed by atoms with E-state index in [1.807, 2.05) is 11.9 Å². The third-order valence-corrected chi connectivity index (χ3v) is 9.08. The van der Waals surface area contributed by atoms with Crippen LogP contribution in [0.3, 0.4) is 0 Å². The lowest BCUT2D eigenvalue weighted by Gasteiger charge is -2.33. The van der Waals surface area contributed by atoms with Gasteiger partial charge in [0.05, 0.1) is 51.5 Å². The number of methoxy groups -OCH3 is 1. The van der Waals surface area contributed by atoms with Gasteiger partial charge in [-0.05, 0) is 42.6 Å². The molecule has 1 saturated heterocycles. The normalized spacial score (nSPS) is 18.0. The van der Waals surface area contributed by atoms with E-state index in [4.69, 9.17) is 9.47 Å². The van der Waals surface area contributed by atoms with Crippen molar-refractivity contribution in [3.63, 3.8) is 0 Å². The first-order valence-corrected chi connectivity index (χ1v) is 16.0. The van der Waals surface area contributed by atoms with Gasteiger partial charge in [0.15, 0.2) is 9.84 Å². The lowest BCUT2D eigenvalue weighted by atomic mass is 10.0. The summed E-state index contributed by atoms with van der Waals surface area (Å²) in [6.45, 7) is 1.54. The summed E-state index contributed by atoms with van der Waals surface area (Å²) in [7, 11) is -0.106. The fourth-order valence-electron chi connectivity index (χ4n) is 4.68. The smallest absolute Gasteiger partial charge is 0.393 e. The van der Waals surface area contributed by atoms with E-state index >= 15 is 0 Å². The van der Waals surface area contributed by atoms with Gasteiger partial charge in [-0.3, -0.25) is 0 Å². The average Bonchev–Trinajstić information content (AvgIpc) is 3.25. The van der Waals surface area contributed by atoms with Gasteiger partial charge in [0.2, 0.25) is 0 Å². The average molecular weight is 628 g/mol. The predicted molar refractivity (Wildman–Crippen MR) is 158 cm³/mol. The summed E-state index contributed by atoms with van der Waals surface area (Å²) in [6.07, 6.45) is -5.02. The zero-order valence-corrected chi connectivity index (χ0v) is 25.1. The lowest BCUT2D eigenvalue weighted by Crippen LogP contribution is -2.46. The molecular weight excluding hydrogens is 594 g/mol. The first-order valence-electron chi connectivity index (χ1n) is 13.2. The maximum atomic E-state index is 14.7. The van der Waals surface area contributed by atoms with E-state index in [1.165, 1.54) is 19.2 Å². The zero-order valence-electron chi connectivity index (χ0n) is 23.5. The number of nitrogens with zero attached hydrogens (tertiary/aromatic N) is 1. The van der Waals surface area contributed by atoms with Crippen LogP contribution in [0.4, 0.5) is 28.9 Å². The number of likely N-dealkylation sites (tertiary alicyclic amines) is 1. The van der Waals surface area contributed by atoms with Gasteiger partial charge in [-0.15, -0.1) is 11.3 Å². The number of anilines is 2. The van der Waals surface area contributed by atoms with Crippen molar-refractivity contribution in [1.29, 1.82) is 0 Å². The van der Waals surface area contributed by atoms with Crippen molar-refractivity contribution >= 4 is 42.6 Å². The van der Waals surface area contributed by atoms with Crippen molar-refractivity contribution in [1.82, 2.24) is 4.90 Å². The maximum Gasteiger partial charge on any atom is 0.393 e. The topological polar surface area (TPSA) is 79.9 Å². The van der Waals surface area contributed by atoms with Crippen LogP contribution in [0.15, 0.2) is 41.3 Å². The Balaban J connectivity index is 1.60. The van der Waals surface area contributed by atoms with Gasteiger partial charge in [-0.25, -0.2) is 12.8 Å². The molecular formula is C29H33F4N3O4S2. The standard InChI is InChI=1S/C29H33F4N3O4S2/c1-36-13-11-23(22(30)18-36)35-25-7-4-6-20-21(17-29(31,32)33)27(41-28(20)25)8-5-12-34-24-10-9-19(42(3,37)38)16-26(24)40-15-14-39-2/h4,6-7,9-10,16,22-23,34-35H,11-15,17-18H2,1-3H3. The molecule has 7 nitrogen and oxygen atoms in total. The van der Waals surface area contributed by atoms with Gasteiger partial charge in [-0.1, -0.05) is 24.0 Å². The van der Waals surface area contributed by atoms with Crippen LogP contribution in [0.2, 0.25) is 0 Å². The fraction of sp³-hybridized carbons (Fsp3) is 0.448. The molecule has 228 valence electrons. The van der Waals surface area contributed by atoms with Crippen LogP contribution >= 0.6 is 11.3 Å². The molecule has 0 spiro atoms. The highest BCUT2D eigenvalue weighted by atomic mass is 32.2. The Morgan fingerprint density at radius 1 is 1.17 bits per heavy atom. The minimum absolute atomic E-state index is 0.0583. The molecule has 2 N–H and O–H groups in total. The molecule has 0 aliphatic carbocycles. The molecule has 4 rings (SSSR count). The van der Waals surface area contributed by atoms with Crippen LogP contribution in [0.1, 0.15) is 16.9 Å². The van der Waals surface area contributed by atoms with Crippen molar-refractivity contribution < 1.29 is 35.5 Å². The van der Waals surface area contributed by atoms with Crippen molar-refractivity contribution in [3.8, 4) is 17.6 Å². The number of hydrogen-bond acceptors (Lipinski definition) is 8. The molecule has 2 unspecified atom stereocenters. The molecule has 3 aromatic rings. The van der Waals surface area contributed by atoms with Crippen molar-refractivity contribution in [2.45, 2.75) is 36.1 Å². The number of piperidine rings is 1. The molecule has 2 aromatic carbocycles. The van der Waals surface area contributed by atoms with Crippen LogP contribution in [-0.4, -0.2) is 85.0 Å². The van der Waals surface area contributed by atoms with E-state index in [0.717, 1.165) is 24.1 Å². The van der Waals surface area contributed by atoms with Gasteiger partial charge in [-0.2, -0.15) is 13.2 Å². The number of nitrogens with one attached hydrogen (secondary N) is 2. The van der Waals surface area contributed by atoms with Crippen molar-refractivity contribution in [2.75, 3.05) is 63.9 Å². The van der Waals surface area contributed by atoms with Gasteiger partial charge in [0.25, 0.3) is 0 Å². The van der Waals surface area contributed by atoms with Crippen molar-refractivity contribution in [2.24, 2.45) is 0 Å². The largest absolute Gasteiger partial charge is 0.489 e. The molecule has 42 heavy (non-hydrogen) atoms. The highest BCUT2D eigenvalue weighted by molar-refractivity contribution is 7.90. The van der Waals surface area contributed by atoms with Crippen molar-refractivity contribution in [3.05, 3.63) is 46.8 Å². The Morgan fingerprint density at radius 3 is 2.64 bits per heavy atom. The molecule has 0 amide bonds. The summed E-state index contributed by atoms with van der Waals surface area (Å²) in [5.74, 6) is 6.06. The summed E-state index contributed by atoms with van der Waals surface area (Å²) in [4.78, 5) is 2.27. The van der Waals surface area contributed by atoms with Crippen LogP contribution in [-0.2, 0) is 21.0 Å². The molecule has 0 saturated carbocycles. The second-order valence-corrected chi connectivity index (χ2v) is 13.2. The van der Waals surface area contributed by atoms with E-state index < -0.39 is 34.6 Å². The number of benzene rings is 2. The SMILES string of the molecule is COCCOc1cc(S(C)(=O)=O)ccc1NCC#Cc1sc2c(NC3CCN(C)CC3F)cccc2c1CC(F)(F)F. The molecule has 0 bridgehead atoms. The van der Waals surface area contributed by atoms with Gasteiger partial charge >= 0.3 is 6.18 Å². The maximum absolute atomic E-state index is 14.7. The summed E-state index contributed by atoms with van der Waals surface area (Å²) >= 11 is 1.15. The van der Waals surface area contributed by atoms with E-state index in [0.29, 0.717) is 27.9 Å². The highest BCUT2D eigenvalue weighted by Crippen LogP contribution is 2.39. The van der Waals surface area contributed by atoms with Gasteiger partial charge in [0.1, 0.15) is 18.5 Å². The Hall–Kier alpha value is -3.05. The van der Waals surface area contributed by atoms with Crippen LogP contribution in [0.5, 0.6) is 5.75 Å². The number of ether oxygens (including phenoxy) is 2. The van der Waals surface area contributed by atoms with E-state index in [9.17, 15) is 26.0 Å². The van der Waals surface area contributed by atoms with Crippen LogP contribution < -0.4 is 15.4 Å².